The lowest BCUT2D eigenvalue weighted by Gasteiger charge is -2.11. The smallest absolute Gasteiger partial charge is 0.195 e. The van der Waals surface area contributed by atoms with Gasteiger partial charge in [0.2, 0.25) is 0 Å². The fraction of sp³-hybridized carbons (Fsp3) is 0.429. The summed E-state index contributed by atoms with van der Waals surface area (Å²) in [5.74, 6) is 1.23. The first-order valence-electron chi connectivity index (χ1n) is 6.92. The molecule has 0 saturated carbocycles. The second kappa shape index (κ2) is 6.55. The first-order chi connectivity index (χ1) is 10.3. The number of hydrogen-bond donors (Lipinski definition) is 1. The third-order valence-electron chi connectivity index (χ3n) is 3.39. The van der Waals surface area contributed by atoms with Gasteiger partial charge in [0.05, 0.1) is 12.6 Å². The molecule has 21 heavy (non-hydrogen) atoms. The zero-order valence-electron chi connectivity index (χ0n) is 11.5. The van der Waals surface area contributed by atoms with Crippen molar-refractivity contribution >= 4 is 11.8 Å². The van der Waals surface area contributed by atoms with E-state index in [9.17, 15) is 4.39 Å². The van der Waals surface area contributed by atoms with Crippen molar-refractivity contribution < 1.29 is 9.13 Å². The van der Waals surface area contributed by atoms with E-state index in [2.05, 4.69) is 10.2 Å². The zero-order chi connectivity index (χ0) is 14.7. The SMILES string of the molecule is NCc1nnc(SC[C@H]2CCCO2)n1-c1ccc(F)cc1. The lowest BCUT2D eigenvalue weighted by molar-refractivity contribution is 0.129. The van der Waals surface area contributed by atoms with Crippen LogP contribution in [0.2, 0.25) is 0 Å². The van der Waals surface area contributed by atoms with Gasteiger partial charge in [-0.2, -0.15) is 0 Å². The summed E-state index contributed by atoms with van der Waals surface area (Å²) in [4.78, 5) is 0. The van der Waals surface area contributed by atoms with Gasteiger partial charge in [-0.15, -0.1) is 10.2 Å². The minimum absolute atomic E-state index is 0.269. The maximum Gasteiger partial charge on any atom is 0.195 e. The molecule has 2 heterocycles. The first kappa shape index (κ1) is 14.5. The summed E-state index contributed by atoms with van der Waals surface area (Å²) in [6.45, 7) is 1.12. The van der Waals surface area contributed by atoms with Crippen molar-refractivity contribution in [2.75, 3.05) is 12.4 Å². The average Bonchev–Trinajstić information content (AvgIpc) is 3.15. The van der Waals surface area contributed by atoms with Crippen LogP contribution in [0.5, 0.6) is 0 Å². The highest BCUT2D eigenvalue weighted by Gasteiger charge is 2.19. The van der Waals surface area contributed by atoms with Crippen molar-refractivity contribution in [2.45, 2.75) is 30.6 Å². The minimum Gasteiger partial charge on any atom is -0.377 e. The number of benzene rings is 1. The fourth-order valence-corrected chi connectivity index (χ4v) is 3.36. The molecular formula is C14H17FN4OS. The number of thioether (sulfide) groups is 1. The van der Waals surface area contributed by atoms with Gasteiger partial charge < -0.3 is 10.5 Å². The Hall–Kier alpha value is -1.44. The number of nitrogens with two attached hydrogens (primary N) is 1. The van der Waals surface area contributed by atoms with Crippen molar-refractivity contribution in [2.24, 2.45) is 5.73 Å². The van der Waals surface area contributed by atoms with Crippen molar-refractivity contribution in [1.29, 1.82) is 0 Å². The average molecular weight is 308 g/mol. The van der Waals surface area contributed by atoms with E-state index in [-0.39, 0.29) is 18.5 Å². The molecule has 2 aromatic rings. The van der Waals surface area contributed by atoms with Crippen LogP contribution in [0.1, 0.15) is 18.7 Å². The van der Waals surface area contributed by atoms with Crippen LogP contribution in [0.4, 0.5) is 4.39 Å². The summed E-state index contributed by atoms with van der Waals surface area (Å²) in [5.41, 5.74) is 6.53. The molecule has 1 aromatic carbocycles. The predicted molar refractivity (Wildman–Crippen MR) is 78.9 cm³/mol. The molecule has 0 bridgehead atoms. The van der Waals surface area contributed by atoms with E-state index >= 15 is 0 Å². The summed E-state index contributed by atoms with van der Waals surface area (Å²) >= 11 is 1.59. The quantitative estimate of drug-likeness (QED) is 0.857. The molecule has 1 aromatic heterocycles. The van der Waals surface area contributed by atoms with Crippen molar-refractivity contribution in [1.82, 2.24) is 14.8 Å². The monoisotopic (exact) mass is 308 g/mol. The summed E-state index contributed by atoms with van der Waals surface area (Å²) in [6.07, 6.45) is 2.47. The molecule has 0 aliphatic carbocycles. The second-order valence-electron chi connectivity index (χ2n) is 4.86. The van der Waals surface area contributed by atoms with Crippen molar-refractivity contribution in [3.8, 4) is 5.69 Å². The number of halogens is 1. The van der Waals surface area contributed by atoms with Gasteiger partial charge >= 0.3 is 0 Å². The molecule has 2 N–H and O–H groups in total. The van der Waals surface area contributed by atoms with Gasteiger partial charge in [0.15, 0.2) is 11.0 Å². The third-order valence-corrected chi connectivity index (χ3v) is 4.45. The van der Waals surface area contributed by atoms with E-state index in [0.717, 1.165) is 36.0 Å². The molecule has 112 valence electrons. The van der Waals surface area contributed by atoms with Crippen LogP contribution in [0, 0.1) is 5.82 Å². The Morgan fingerprint density at radius 2 is 2.14 bits per heavy atom. The number of aromatic nitrogens is 3. The van der Waals surface area contributed by atoms with Gasteiger partial charge in [-0.3, -0.25) is 4.57 Å². The standard InChI is InChI=1S/C14H17FN4OS/c15-10-3-5-11(6-4-10)19-13(8-16)17-18-14(19)21-9-12-2-1-7-20-12/h3-6,12H,1-2,7-9,16H2/t12-/m1/s1. The van der Waals surface area contributed by atoms with Gasteiger partial charge in [-0.05, 0) is 37.1 Å². The Labute approximate surface area is 126 Å². The fourth-order valence-electron chi connectivity index (χ4n) is 2.32. The molecule has 1 atom stereocenters. The van der Waals surface area contributed by atoms with Gasteiger partial charge in [0, 0.05) is 18.0 Å². The molecule has 1 aliphatic heterocycles. The normalized spacial score (nSPS) is 18.3. The molecule has 0 unspecified atom stereocenters. The molecule has 0 spiro atoms. The topological polar surface area (TPSA) is 66.0 Å². The maximum atomic E-state index is 13.1. The second-order valence-corrected chi connectivity index (χ2v) is 5.85. The minimum atomic E-state index is -0.269. The molecule has 7 heteroatoms. The van der Waals surface area contributed by atoms with Crippen LogP contribution < -0.4 is 5.73 Å². The molecule has 0 radical (unpaired) electrons. The molecule has 3 rings (SSSR count). The lowest BCUT2D eigenvalue weighted by Crippen LogP contribution is -2.10. The van der Waals surface area contributed by atoms with Crippen molar-refractivity contribution in [3.63, 3.8) is 0 Å². The van der Waals surface area contributed by atoms with Crippen molar-refractivity contribution in [3.05, 3.63) is 35.9 Å². The Morgan fingerprint density at radius 1 is 1.33 bits per heavy atom. The number of ether oxygens (including phenoxy) is 1. The zero-order valence-corrected chi connectivity index (χ0v) is 12.4. The van der Waals surface area contributed by atoms with E-state index in [1.807, 2.05) is 4.57 Å². The summed E-state index contributed by atoms with van der Waals surface area (Å²) in [6, 6.07) is 6.25. The van der Waals surface area contributed by atoms with E-state index in [1.54, 1.807) is 23.9 Å². The lowest BCUT2D eigenvalue weighted by atomic mass is 10.3. The molecule has 1 aliphatic rings. The number of nitrogens with zero attached hydrogens (tertiary/aromatic N) is 3. The summed E-state index contributed by atoms with van der Waals surface area (Å²) in [7, 11) is 0. The van der Waals surface area contributed by atoms with Crippen LogP contribution in [-0.2, 0) is 11.3 Å². The molecule has 1 saturated heterocycles. The third kappa shape index (κ3) is 3.25. The number of hydrogen-bond acceptors (Lipinski definition) is 5. The molecule has 0 amide bonds. The molecule has 1 fully saturated rings. The van der Waals surface area contributed by atoms with E-state index in [4.69, 9.17) is 10.5 Å². The van der Waals surface area contributed by atoms with Gasteiger partial charge in [-0.1, -0.05) is 11.8 Å². The highest BCUT2D eigenvalue weighted by Crippen LogP contribution is 2.25. The Morgan fingerprint density at radius 3 is 2.81 bits per heavy atom. The van der Waals surface area contributed by atoms with Gasteiger partial charge in [-0.25, -0.2) is 4.39 Å². The van der Waals surface area contributed by atoms with Crippen LogP contribution in [0.3, 0.4) is 0 Å². The Balaban J connectivity index is 1.83. The first-order valence-corrected chi connectivity index (χ1v) is 7.91. The largest absolute Gasteiger partial charge is 0.377 e. The van der Waals surface area contributed by atoms with Crippen LogP contribution in [0.15, 0.2) is 29.4 Å². The van der Waals surface area contributed by atoms with E-state index < -0.39 is 0 Å². The molecule has 5 nitrogen and oxygen atoms in total. The van der Waals surface area contributed by atoms with Gasteiger partial charge in [0.25, 0.3) is 0 Å². The predicted octanol–water partition coefficient (Wildman–Crippen LogP) is 2.14. The highest BCUT2D eigenvalue weighted by molar-refractivity contribution is 7.99. The van der Waals surface area contributed by atoms with Crippen LogP contribution >= 0.6 is 11.8 Å². The highest BCUT2D eigenvalue weighted by atomic mass is 32.2. The molecular weight excluding hydrogens is 291 g/mol. The summed E-state index contributed by atoms with van der Waals surface area (Å²) in [5, 5.41) is 9.07. The Kier molecular flexibility index (Phi) is 4.52. The van der Waals surface area contributed by atoms with E-state index in [0.29, 0.717) is 5.82 Å². The Bertz CT molecular complexity index is 596. The van der Waals surface area contributed by atoms with Gasteiger partial charge in [0.1, 0.15) is 5.82 Å². The van der Waals surface area contributed by atoms with Crippen LogP contribution in [-0.4, -0.2) is 33.2 Å². The number of rotatable bonds is 5. The van der Waals surface area contributed by atoms with E-state index in [1.165, 1.54) is 12.1 Å². The summed E-state index contributed by atoms with van der Waals surface area (Å²) < 4.78 is 20.6. The maximum absolute atomic E-state index is 13.1. The van der Waals surface area contributed by atoms with Crippen LogP contribution in [0.25, 0.3) is 5.69 Å².